The standard InChI is InChI=1S/C20H21F4N3O2/c1-19(29)8-14(28)6-12-9-25-17(16(12)19)11-2-4-27(5-3-11)18-15(21)7-13(10-26-18)20(22,23)24/h7,10-11,29H,2-6,8-9H2,1H3. The highest BCUT2D eigenvalue weighted by atomic mass is 19.4. The predicted molar refractivity (Wildman–Crippen MR) is 98.3 cm³/mol. The molecule has 1 N–H and O–H groups in total. The van der Waals surface area contributed by atoms with Gasteiger partial charge in [0.05, 0.1) is 17.7 Å². The van der Waals surface area contributed by atoms with Crippen molar-refractivity contribution in [3.05, 3.63) is 34.8 Å². The third-order valence-corrected chi connectivity index (χ3v) is 5.87. The molecule has 2 aliphatic heterocycles. The topological polar surface area (TPSA) is 65.8 Å². The van der Waals surface area contributed by atoms with Crippen molar-refractivity contribution in [2.45, 2.75) is 44.4 Å². The number of hydrogen-bond acceptors (Lipinski definition) is 5. The van der Waals surface area contributed by atoms with Crippen molar-refractivity contribution < 1.29 is 27.5 Å². The van der Waals surface area contributed by atoms with Crippen LogP contribution in [0.2, 0.25) is 0 Å². The number of pyridine rings is 1. The van der Waals surface area contributed by atoms with Crippen LogP contribution in [0, 0.1) is 11.7 Å². The van der Waals surface area contributed by atoms with Crippen molar-refractivity contribution in [2.24, 2.45) is 10.9 Å². The fraction of sp³-hybridized carbons (Fsp3) is 0.550. The lowest BCUT2D eigenvalue weighted by molar-refractivity contribution is -0.138. The molecule has 29 heavy (non-hydrogen) atoms. The normalized spacial score (nSPS) is 26.1. The molecule has 1 fully saturated rings. The molecule has 0 aromatic carbocycles. The van der Waals surface area contributed by atoms with Gasteiger partial charge in [-0.2, -0.15) is 13.2 Å². The average Bonchev–Trinajstić information content (AvgIpc) is 3.05. The molecule has 1 aromatic heterocycles. The zero-order valence-corrected chi connectivity index (χ0v) is 15.9. The van der Waals surface area contributed by atoms with E-state index in [0.29, 0.717) is 51.2 Å². The van der Waals surface area contributed by atoms with Gasteiger partial charge < -0.3 is 10.0 Å². The zero-order valence-electron chi connectivity index (χ0n) is 15.9. The van der Waals surface area contributed by atoms with Gasteiger partial charge >= 0.3 is 6.18 Å². The summed E-state index contributed by atoms with van der Waals surface area (Å²) in [6.45, 7) is 2.89. The van der Waals surface area contributed by atoms with Crippen LogP contribution in [0.15, 0.2) is 28.4 Å². The molecule has 0 amide bonds. The lowest BCUT2D eigenvalue weighted by Gasteiger charge is -2.37. The van der Waals surface area contributed by atoms with Crippen LogP contribution in [-0.2, 0) is 11.0 Å². The van der Waals surface area contributed by atoms with Crippen LogP contribution in [0.25, 0.3) is 0 Å². The first-order chi connectivity index (χ1) is 13.6. The van der Waals surface area contributed by atoms with Crippen molar-refractivity contribution in [3.63, 3.8) is 0 Å². The third kappa shape index (κ3) is 3.68. The highest BCUT2D eigenvalue weighted by Crippen LogP contribution is 2.40. The van der Waals surface area contributed by atoms with Crippen molar-refractivity contribution in [3.8, 4) is 0 Å². The summed E-state index contributed by atoms with van der Waals surface area (Å²) in [5, 5.41) is 10.8. The number of Topliss-reactive ketones (excluding diaryl/α,β-unsaturated/α-hetero) is 1. The Kier molecular flexibility index (Phi) is 4.76. The van der Waals surface area contributed by atoms with Gasteiger partial charge in [-0.3, -0.25) is 9.79 Å². The number of nitrogens with zero attached hydrogens (tertiary/aromatic N) is 3. The SMILES string of the molecule is CC1(O)CC(=O)CC2=C1C(C1CCN(c3ncc(C(F)(F)F)cc3F)CC1)=NC2. The van der Waals surface area contributed by atoms with Crippen LogP contribution >= 0.6 is 0 Å². The predicted octanol–water partition coefficient (Wildman–Crippen LogP) is 3.32. The van der Waals surface area contributed by atoms with E-state index >= 15 is 0 Å². The smallest absolute Gasteiger partial charge is 0.385 e. The highest BCUT2D eigenvalue weighted by Gasteiger charge is 2.43. The second kappa shape index (κ2) is 6.90. The minimum atomic E-state index is -4.64. The number of aliphatic hydroxyl groups is 1. The molecule has 1 atom stereocenters. The maximum atomic E-state index is 14.2. The average molecular weight is 411 g/mol. The summed E-state index contributed by atoms with van der Waals surface area (Å²) < 4.78 is 52.4. The van der Waals surface area contributed by atoms with Crippen LogP contribution in [0.1, 0.15) is 38.2 Å². The fourth-order valence-electron chi connectivity index (χ4n) is 4.61. The summed E-state index contributed by atoms with van der Waals surface area (Å²) in [5.41, 5.74) is 0.132. The number of aromatic nitrogens is 1. The molecule has 0 bridgehead atoms. The molecule has 9 heteroatoms. The quantitative estimate of drug-likeness (QED) is 0.759. The van der Waals surface area contributed by atoms with Gasteiger partial charge in [-0.05, 0) is 31.4 Å². The number of alkyl halides is 3. The Morgan fingerprint density at radius 3 is 2.59 bits per heavy atom. The lowest BCUT2D eigenvalue weighted by Crippen LogP contribution is -2.42. The monoisotopic (exact) mass is 411 g/mol. The number of ketones is 1. The van der Waals surface area contributed by atoms with E-state index in [0.717, 1.165) is 16.9 Å². The Labute approximate surface area is 165 Å². The van der Waals surface area contributed by atoms with Crippen LogP contribution < -0.4 is 4.90 Å². The summed E-state index contributed by atoms with van der Waals surface area (Å²) in [5.74, 6) is -1.02. The van der Waals surface area contributed by atoms with E-state index in [4.69, 9.17) is 0 Å². The molecule has 0 radical (unpaired) electrons. The molecule has 1 unspecified atom stereocenters. The van der Waals surface area contributed by atoms with Crippen molar-refractivity contribution in [1.29, 1.82) is 0 Å². The largest absolute Gasteiger partial charge is 0.417 e. The number of hydrogen-bond donors (Lipinski definition) is 1. The Morgan fingerprint density at radius 1 is 1.28 bits per heavy atom. The van der Waals surface area contributed by atoms with Gasteiger partial charge in [0.2, 0.25) is 0 Å². The molecule has 3 heterocycles. The summed E-state index contributed by atoms with van der Waals surface area (Å²) in [6, 6.07) is 0.475. The van der Waals surface area contributed by atoms with Crippen LogP contribution in [0.3, 0.4) is 0 Å². The van der Waals surface area contributed by atoms with Crippen LogP contribution in [0.5, 0.6) is 0 Å². The maximum Gasteiger partial charge on any atom is 0.417 e. The van der Waals surface area contributed by atoms with Gasteiger partial charge in [0.1, 0.15) is 5.78 Å². The molecule has 5 nitrogen and oxygen atoms in total. The number of halogens is 4. The first-order valence-electron chi connectivity index (χ1n) is 9.55. The number of carbonyl (C=O) groups excluding carboxylic acids is 1. The maximum absolute atomic E-state index is 14.2. The summed E-state index contributed by atoms with van der Waals surface area (Å²) in [4.78, 5) is 21.8. The molecule has 1 saturated heterocycles. The van der Waals surface area contributed by atoms with E-state index < -0.39 is 23.2 Å². The molecular weight excluding hydrogens is 390 g/mol. The molecule has 4 rings (SSSR count). The summed E-state index contributed by atoms with van der Waals surface area (Å²) >= 11 is 0. The molecule has 1 aliphatic carbocycles. The Morgan fingerprint density at radius 2 is 1.97 bits per heavy atom. The van der Waals surface area contributed by atoms with Crippen LogP contribution in [-0.4, -0.2) is 46.8 Å². The number of piperidine rings is 1. The van der Waals surface area contributed by atoms with Gasteiger partial charge in [-0.1, -0.05) is 0 Å². The molecule has 156 valence electrons. The zero-order chi connectivity index (χ0) is 21.0. The summed E-state index contributed by atoms with van der Waals surface area (Å²) in [7, 11) is 0. The Balaban J connectivity index is 1.48. The second-order valence-corrected chi connectivity index (χ2v) is 8.13. The van der Waals surface area contributed by atoms with Gasteiger partial charge in [0.25, 0.3) is 0 Å². The minimum Gasteiger partial charge on any atom is -0.385 e. The van der Waals surface area contributed by atoms with Crippen LogP contribution in [0.4, 0.5) is 23.4 Å². The first kappa shape index (κ1) is 20.0. The van der Waals surface area contributed by atoms with Crippen molar-refractivity contribution in [2.75, 3.05) is 24.5 Å². The number of aliphatic imine (C=N–C) groups is 1. The van der Waals surface area contributed by atoms with E-state index in [9.17, 15) is 27.5 Å². The van der Waals surface area contributed by atoms with E-state index in [-0.39, 0.29) is 23.9 Å². The number of carbonyl (C=O) groups is 1. The molecule has 1 aromatic rings. The fourth-order valence-corrected chi connectivity index (χ4v) is 4.61. The van der Waals surface area contributed by atoms with E-state index in [1.165, 1.54) is 0 Å². The first-order valence-corrected chi connectivity index (χ1v) is 9.55. The van der Waals surface area contributed by atoms with E-state index in [1.807, 2.05) is 0 Å². The molecular formula is C20H21F4N3O2. The molecule has 3 aliphatic rings. The van der Waals surface area contributed by atoms with Crippen molar-refractivity contribution >= 4 is 17.3 Å². The lowest BCUT2D eigenvalue weighted by atomic mass is 9.74. The minimum absolute atomic E-state index is 0.00359. The number of anilines is 1. The van der Waals surface area contributed by atoms with E-state index in [2.05, 4.69) is 9.98 Å². The summed E-state index contributed by atoms with van der Waals surface area (Å²) in [6.07, 6.45) is -2.37. The van der Waals surface area contributed by atoms with Gasteiger partial charge in [0, 0.05) is 49.3 Å². The highest BCUT2D eigenvalue weighted by molar-refractivity contribution is 6.08. The van der Waals surface area contributed by atoms with Gasteiger partial charge in [-0.15, -0.1) is 0 Å². The third-order valence-electron chi connectivity index (χ3n) is 5.87. The number of rotatable bonds is 2. The Hall–Kier alpha value is -2.29. The van der Waals surface area contributed by atoms with Gasteiger partial charge in [0.15, 0.2) is 11.6 Å². The second-order valence-electron chi connectivity index (χ2n) is 8.13. The molecule has 0 spiro atoms. The van der Waals surface area contributed by atoms with Crippen molar-refractivity contribution in [1.82, 2.24) is 4.98 Å². The Bertz CT molecular complexity index is 913. The molecule has 0 saturated carbocycles. The van der Waals surface area contributed by atoms with Gasteiger partial charge in [-0.25, -0.2) is 9.37 Å². The van der Waals surface area contributed by atoms with E-state index in [1.54, 1.807) is 11.8 Å².